The highest BCUT2D eigenvalue weighted by Crippen LogP contribution is 2.29. The predicted molar refractivity (Wildman–Crippen MR) is 78.3 cm³/mol. The summed E-state index contributed by atoms with van der Waals surface area (Å²) in [5.74, 6) is 0. The van der Waals surface area contributed by atoms with Gasteiger partial charge in [0.25, 0.3) is 0 Å². The monoisotopic (exact) mass is 312 g/mol. The van der Waals surface area contributed by atoms with Crippen LogP contribution >= 0.6 is 15.9 Å². The van der Waals surface area contributed by atoms with E-state index >= 15 is 0 Å². The Morgan fingerprint density at radius 3 is 3.06 bits per heavy atom. The second-order valence-corrected chi connectivity index (χ2v) is 5.75. The molecule has 1 saturated heterocycles. The Kier molecular flexibility index (Phi) is 5.03. The SMILES string of the molecule is Nc1cccc(CN2CCCC2CCCO)c1Br. The summed E-state index contributed by atoms with van der Waals surface area (Å²) in [6.07, 6.45) is 4.51. The van der Waals surface area contributed by atoms with Crippen molar-refractivity contribution in [1.29, 1.82) is 0 Å². The molecule has 100 valence electrons. The molecule has 0 aromatic heterocycles. The molecule has 0 bridgehead atoms. The van der Waals surface area contributed by atoms with Crippen molar-refractivity contribution in [3.8, 4) is 0 Å². The fourth-order valence-electron chi connectivity index (χ4n) is 2.70. The van der Waals surface area contributed by atoms with E-state index in [0.29, 0.717) is 12.6 Å². The summed E-state index contributed by atoms with van der Waals surface area (Å²) >= 11 is 3.57. The van der Waals surface area contributed by atoms with E-state index in [1.807, 2.05) is 12.1 Å². The first-order valence-corrected chi connectivity index (χ1v) is 7.39. The molecule has 1 aromatic carbocycles. The maximum atomic E-state index is 8.94. The number of aliphatic hydroxyl groups excluding tert-OH is 1. The van der Waals surface area contributed by atoms with E-state index in [9.17, 15) is 0 Å². The Bertz CT molecular complexity index is 397. The van der Waals surface area contributed by atoms with Crippen LogP contribution in [0.5, 0.6) is 0 Å². The zero-order valence-corrected chi connectivity index (χ0v) is 12.2. The first kappa shape index (κ1) is 13.8. The maximum absolute atomic E-state index is 8.94. The van der Waals surface area contributed by atoms with Gasteiger partial charge in [-0.05, 0) is 59.8 Å². The fourth-order valence-corrected chi connectivity index (χ4v) is 3.09. The Morgan fingerprint density at radius 2 is 2.28 bits per heavy atom. The number of benzene rings is 1. The minimum Gasteiger partial charge on any atom is -0.398 e. The Balaban J connectivity index is 2.01. The van der Waals surface area contributed by atoms with Gasteiger partial charge in [-0.2, -0.15) is 0 Å². The molecule has 0 aliphatic carbocycles. The third-order valence-electron chi connectivity index (χ3n) is 3.68. The number of nitrogens with zero attached hydrogens (tertiary/aromatic N) is 1. The van der Waals surface area contributed by atoms with Gasteiger partial charge < -0.3 is 10.8 Å². The third-order valence-corrected chi connectivity index (χ3v) is 4.64. The number of nitrogen functional groups attached to an aromatic ring is 1. The van der Waals surface area contributed by atoms with E-state index < -0.39 is 0 Å². The number of rotatable bonds is 5. The molecule has 0 radical (unpaired) electrons. The average molecular weight is 313 g/mol. The van der Waals surface area contributed by atoms with Crippen LogP contribution in [0.25, 0.3) is 0 Å². The van der Waals surface area contributed by atoms with Crippen molar-refractivity contribution in [3.05, 3.63) is 28.2 Å². The van der Waals surface area contributed by atoms with Crippen molar-refractivity contribution < 1.29 is 5.11 Å². The van der Waals surface area contributed by atoms with Crippen molar-refractivity contribution in [2.75, 3.05) is 18.9 Å². The number of hydrogen-bond donors (Lipinski definition) is 2. The molecule has 1 fully saturated rings. The highest BCUT2D eigenvalue weighted by Gasteiger charge is 2.24. The highest BCUT2D eigenvalue weighted by atomic mass is 79.9. The van der Waals surface area contributed by atoms with Gasteiger partial charge in [0, 0.05) is 29.4 Å². The van der Waals surface area contributed by atoms with Crippen LogP contribution in [-0.2, 0) is 6.54 Å². The fraction of sp³-hybridized carbons (Fsp3) is 0.571. The molecule has 3 nitrogen and oxygen atoms in total. The normalized spacial score (nSPS) is 20.4. The van der Waals surface area contributed by atoms with Gasteiger partial charge in [0.2, 0.25) is 0 Å². The van der Waals surface area contributed by atoms with Gasteiger partial charge in [0.15, 0.2) is 0 Å². The van der Waals surface area contributed by atoms with Crippen LogP contribution in [0.1, 0.15) is 31.2 Å². The van der Waals surface area contributed by atoms with Gasteiger partial charge in [-0.15, -0.1) is 0 Å². The second-order valence-electron chi connectivity index (χ2n) is 4.95. The molecule has 0 saturated carbocycles. The van der Waals surface area contributed by atoms with Gasteiger partial charge in [-0.25, -0.2) is 0 Å². The van der Waals surface area contributed by atoms with E-state index in [1.54, 1.807) is 0 Å². The zero-order valence-electron chi connectivity index (χ0n) is 10.6. The van der Waals surface area contributed by atoms with Gasteiger partial charge in [-0.3, -0.25) is 4.90 Å². The summed E-state index contributed by atoms with van der Waals surface area (Å²) in [4.78, 5) is 2.51. The molecule has 0 amide bonds. The predicted octanol–water partition coefficient (Wildman–Crippen LogP) is 2.77. The molecular weight excluding hydrogens is 292 g/mol. The number of likely N-dealkylation sites (tertiary alicyclic amines) is 1. The first-order valence-electron chi connectivity index (χ1n) is 6.60. The topological polar surface area (TPSA) is 49.5 Å². The number of anilines is 1. The van der Waals surface area contributed by atoms with Crippen LogP contribution in [-0.4, -0.2) is 29.2 Å². The van der Waals surface area contributed by atoms with Gasteiger partial charge in [0.1, 0.15) is 0 Å². The van der Waals surface area contributed by atoms with Crippen molar-refractivity contribution in [3.63, 3.8) is 0 Å². The van der Waals surface area contributed by atoms with Crippen LogP contribution in [0.3, 0.4) is 0 Å². The Morgan fingerprint density at radius 1 is 1.44 bits per heavy atom. The summed E-state index contributed by atoms with van der Waals surface area (Å²) in [7, 11) is 0. The quantitative estimate of drug-likeness (QED) is 0.822. The molecule has 0 spiro atoms. The van der Waals surface area contributed by atoms with Crippen molar-refractivity contribution >= 4 is 21.6 Å². The number of halogens is 1. The van der Waals surface area contributed by atoms with E-state index in [4.69, 9.17) is 10.8 Å². The van der Waals surface area contributed by atoms with Crippen LogP contribution in [0, 0.1) is 0 Å². The molecular formula is C14H21BrN2O. The molecule has 2 rings (SSSR count). The van der Waals surface area contributed by atoms with Crippen LogP contribution < -0.4 is 5.73 Å². The highest BCUT2D eigenvalue weighted by molar-refractivity contribution is 9.10. The summed E-state index contributed by atoms with van der Waals surface area (Å²) in [5, 5.41) is 8.94. The van der Waals surface area contributed by atoms with Gasteiger partial charge >= 0.3 is 0 Å². The lowest BCUT2D eigenvalue weighted by molar-refractivity contribution is 0.210. The first-order chi connectivity index (χ1) is 8.72. The molecule has 1 aliphatic heterocycles. The molecule has 1 unspecified atom stereocenters. The van der Waals surface area contributed by atoms with E-state index in [-0.39, 0.29) is 0 Å². The van der Waals surface area contributed by atoms with Crippen LogP contribution in [0.15, 0.2) is 22.7 Å². The zero-order chi connectivity index (χ0) is 13.0. The third kappa shape index (κ3) is 3.25. The van der Waals surface area contributed by atoms with Crippen molar-refractivity contribution in [2.24, 2.45) is 0 Å². The second kappa shape index (κ2) is 6.55. The minimum atomic E-state index is 0.298. The molecule has 4 heteroatoms. The summed E-state index contributed by atoms with van der Waals surface area (Å²) < 4.78 is 1.03. The van der Waals surface area contributed by atoms with Gasteiger partial charge in [0.05, 0.1) is 0 Å². The smallest absolute Gasteiger partial charge is 0.0461 e. The lowest BCUT2D eigenvalue weighted by Gasteiger charge is -2.25. The number of hydrogen-bond acceptors (Lipinski definition) is 3. The molecule has 1 heterocycles. The lowest BCUT2D eigenvalue weighted by Crippen LogP contribution is -2.29. The van der Waals surface area contributed by atoms with Crippen LogP contribution in [0.4, 0.5) is 5.69 Å². The van der Waals surface area contributed by atoms with E-state index in [0.717, 1.165) is 36.1 Å². The van der Waals surface area contributed by atoms with Gasteiger partial charge in [-0.1, -0.05) is 12.1 Å². The maximum Gasteiger partial charge on any atom is 0.0461 e. The number of nitrogens with two attached hydrogens (primary N) is 1. The summed E-state index contributed by atoms with van der Waals surface area (Å²) in [6.45, 7) is 2.39. The molecule has 1 aliphatic rings. The summed E-state index contributed by atoms with van der Waals surface area (Å²) in [5.41, 5.74) is 7.97. The summed E-state index contributed by atoms with van der Waals surface area (Å²) in [6, 6.07) is 6.67. The van der Waals surface area contributed by atoms with Crippen molar-refractivity contribution in [2.45, 2.75) is 38.3 Å². The standard InChI is InChI=1S/C14H21BrN2O/c15-14-11(4-1-7-13(14)16)10-17-8-2-5-12(17)6-3-9-18/h1,4,7,12,18H,2-3,5-6,8-10,16H2. The lowest BCUT2D eigenvalue weighted by atomic mass is 10.1. The van der Waals surface area contributed by atoms with Crippen molar-refractivity contribution in [1.82, 2.24) is 4.90 Å². The minimum absolute atomic E-state index is 0.298. The van der Waals surface area contributed by atoms with E-state index in [2.05, 4.69) is 26.9 Å². The number of aliphatic hydroxyl groups is 1. The largest absolute Gasteiger partial charge is 0.398 e. The van der Waals surface area contributed by atoms with Crippen LogP contribution in [0.2, 0.25) is 0 Å². The molecule has 18 heavy (non-hydrogen) atoms. The average Bonchev–Trinajstić information content (AvgIpc) is 2.80. The Hall–Kier alpha value is -0.580. The molecule has 1 aromatic rings. The molecule has 3 N–H and O–H groups in total. The molecule has 1 atom stereocenters. The Labute approximate surface area is 117 Å². The van der Waals surface area contributed by atoms with E-state index in [1.165, 1.54) is 18.4 Å².